The van der Waals surface area contributed by atoms with Crippen LogP contribution in [-0.2, 0) is 14.4 Å². The van der Waals surface area contributed by atoms with E-state index in [4.69, 9.17) is 4.74 Å². The molecule has 1 spiro atoms. The predicted molar refractivity (Wildman–Crippen MR) is 153 cm³/mol. The van der Waals surface area contributed by atoms with Crippen molar-refractivity contribution in [2.24, 2.45) is 17.8 Å². The highest BCUT2D eigenvalue weighted by Crippen LogP contribution is 2.71. The molecule has 39 heavy (non-hydrogen) atoms. The third kappa shape index (κ3) is 4.49. The maximum absolute atomic E-state index is 14.4. The van der Waals surface area contributed by atoms with Crippen molar-refractivity contribution < 1.29 is 24.2 Å². The molecule has 8 nitrogen and oxygen atoms in total. The van der Waals surface area contributed by atoms with Crippen LogP contribution in [0.15, 0.2) is 54.6 Å². The summed E-state index contributed by atoms with van der Waals surface area (Å²) in [4.78, 5) is 43.9. The molecule has 3 N–H and O–H groups in total. The van der Waals surface area contributed by atoms with Crippen molar-refractivity contribution in [3.05, 3.63) is 54.6 Å². The number of thioether (sulfide) groups is 1. The fourth-order valence-corrected chi connectivity index (χ4v) is 9.20. The molecule has 0 saturated carbocycles. The topological polar surface area (TPSA) is 108 Å². The number of carbonyl (C=O) groups is 3. The second-order valence-corrected chi connectivity index (χ2v) is 13.1. The molecule has 3 fully saturated rings. The Balaban J connectivity index is 1.54. The molecule has 2 aromatic carbocycles. The molecular formula is C30H37N3O5S. The standard InChI is InChI=1S/C30H37N3O5S/c1-5-18(2)22(17-34)33-25(27(36)32-20-11-13-21(38-4)14-12-20)30-16-15-29(3,39-30)23(24(30)28(33)37)26(35)31-19-9-7-6-8-10-19/h6-14,18,22-25,34H,5,15-17H2,1-4H3,(H,31,35)(H,32,36)/t18-,22-,23-,24-,25?,29+,30?/m0/s1. The van der Waals surface area contributed by atoms with E-state index in [9.17, 15) is 19.5 Å². The largest absolute Gasteiger partial charge is 0.497 e. The van der Waals surface area contributed by atoms with Gasteiger partial charge in [0.15, 0.2) is 0 Å². The van der Waals surface area contributed by atoms with Crippen LogP contribution in [0.5, 0.6) is 5.75 Å². The number of aliphatic hydroxyl groups excluding tert-OH is 1. The normalized spacial score (nSPS) is 30.5. The van der Waals surface area contributed by atoms with Crippen molar-refractivity contribution >= 4 is 40.9 Å². The number of anilines is 2. The van der Waals surface area contributed by atoms with E-state index in [2.05, 4.69) is 10.6 Å². The molecule has 0 aromatic heterocycles. The first-order valence-corrected chi connectivity index (χ1v) is 14.4. The van der Waals surface area contributed by atoms with Gasteiger partial charge in [-0.1, -0.05) is 38.5 Å². The Morgan fingerprint density at radius 2 is 1.72 bits per heavy atom. The fraction of sp³-hybridized carbons (Fsp3) is 0.500. The van der Waals surface area contributed by atoms with Crippen molar-refractivity contribution in [2.75, 3.05) is 24.4 Å². The zero-order chi connectivity index (χ0) is 27.9. The molecule has 3 saturated heterocycles. The number of carbonyl (C=O) groups excluding carboxylic acids is 3. The third-order valence-electron chi connectivity index (χ3n) is 8.99. The lowest BCUT2D eigenvalue weighted by Gasteiger charge is -2.39. The summed E-state index contributed by atoms with van der Waals surface area (Å²) in [6.07, 6.45) is 2.11. The van der Waals surface area contributed by atoms with Crippen LogP contribution >= 0.6 is 11.8 Å². The highest BCUT2D eigenvalue weighted by atomic mass is 32.2. The van der Waals surface area contributed by atoms with Crippen molar-refractivity contribution in [1.82, 2.24) is 4.90 Å². The molecule has 9 heteroatoms. The number of ether oxygens (including phenoxy) is 1. The van der Waals surface area contributed by atoms with E-state index in [0.717, 1.165) is 12.8 Å². The van der Waals surface area contributed by atoms with E-state index >= 15 is 0 Å². The van der Waals surface area contributed by atoms with Crippen LogP contribution in [0.2, 0.25) is 0 Å². The van der Waals surface area contributed by atoms with Crippen LogP contribution in [0.4, 0.5) is 11.4 Å². The molecule has 3 aliphatic heterocycles. The molecule has 3 heterocycles. The Hall–Kier alpha value is -3.04. The lowest BCUT2D eigenvalue weighted by molar-refractivity contribution is -0.142. The Morgan fingerprint density at radius 1 is 1.08 bits per heavy atom. The number of hydrogen-bond acceptors (Lipinski definition) is 6. The van der Waals surface area contributed by atoms with Gasteiger partial charge in [0.05, 0.1) is 36.3 Å². The number of benzene rings is 2. The number of amides is 3. The van der Waals surface area contributed by atoms with Gasteiger partial charge in [-0.25, -0.2) is 0 Å². The zero-order valence-electron chi connectivity index (χ0n) is 22.8. The highest BCUT2D eigenvalue weighted by molar-refractivity contribution is 8.02. The maximum Gasteiger partial charge on any atom is 0.248 e. The zero-order valence-corrected chi connectivity index (χ0v) is 23.7. The van der Waals surface area contributed by atoms with Gasteiger partial charge in [-0.3, -0.25) is 14.4 Å². The molecule has 208 valence electrons. The monoisotopic (exact) mass is 551 g/mol. The van der Waals surface area contributed by atoms with Crippen molar-refractivity contribution in [2.45, 2.75) is 61.6 Å². The minimum Gasteiger partial charge on any atom is -0.497 e. The lowest BCUT2D eigenvalue weighted by Crippen LogP contribution is -2.56. The Labute approximate surface area is 233 Å². The first kappa shape index (κ1) is 27.5. The number of nitrogens with one attached hydrogen (secondary N) is 2. The van der Waals surface area contributed by atoms with Crippen LogP contribution in [0.25, 0.3) is 0 Å². The van der Waals surface area contributed by atoms with E-state index in [-0.39, 0.29) is 30.2 Å². The van der Waals surface area contributed by atoms with Crippen molar-refractivity contribution in [1.29, 1.82) is 0 Å². The van der Waals surface area contributed by atoms with Gasteiger partial charge in [-0.2, -0.15) is 0 Å². The molecule has 2 bridgehead atoms. The molecule has 2 unspecified atom stereocenters. The van der Waals surface area contributed by atoms with Crippen LogP contribution in [-0.4, -0.2) is 63.0 Å². The van der Waals surface area contributed by atoms with Gasteiger partial charge < -0.3 is 25.4 Å². The first-order valence-electron chi connectivity index (χ1n) is 13.6. The summed E-state index contributed by atoms with van der Waals surface area (Å²) >= 11 is 1.62. The van der Waals surface area contributed by atoms with Gasteiger partial charge in [-0.05, 0) is 62.1 Å². The van der Waals surface area contributed by atoms with Crippen LogP contribution in [0, 0.1) is 17.8 Å². The number of para-hydroxylation sites is 1. The number of aliphatic hydroxyl groups is 1. The van der Waals surface area contributed by atoms with Crippen LogP contribution < -0.4 is 15.4 Å². The minimum atomic E-state index is -0.815. The lowest BCUT2D eigenvalue weighted by atomic mass is 9.66. The number of hydrogen-bond donors (Lipinski definition) is 3. The average Bonchev–Trinajstić information content (AvgIpc) is 3.50. The number of methoxy groups -OCH3 is 1. The van der Waals surface area contributed by atoms with Crippen molar-refractivity contribution in [3.63, 3.8) is 0 Å². The number of rotatable bonds is 9. The summed E-state index contributed by atoms with van der Waals surface area (Å²) < 4.78 is 4.00. The Bertz CT molecular complexity index is 1240. The molecule has 0 radical (unpaired) electrons. The summed E-state index contributed by atoms with van der Waals surface area (Å²) in [7, 11) is 1.58. The number of nitrogens with zero attached hydrogens (tertiary/aromatic N) is 1. The average molecular weight is 552 g/mol. The predicted octanol–water partition coefficient (Wildman–Crippen LogP) is 4.16. The second kappa shape index (κ2) is 10.5. The van der Waals surface area contributed by atoms with Gasteiger partial charge >= 0.3 is 0 Å². The maximum atomic E-state index is 14.4. The SMILES string of the molecule is CC[C@H](C)[C@H](CO)N1C(=O)[C@@H]2[C@@H](C(=O)Nc3ccccc3)[C@@]3(C)CCC2(S3)C1C(=O)Nc1ccc(OC)cc1. The summed E-state index contributed by atoms with van der Waals surface area (Å²) in [5.74, 6) is -1.31. The molecule has 0 aliphatic carbocycles. The van der Waals surface area contributed by atoms with Crippen LogP contribution in [0.1, 0.15) is 40.0 Å². The fourth-order valence-electron chi connectivity index (χ4n) is 6.86. The summed E-state index contributed by atoms with van der Waals surface area (Å²) in [5.41, 5.74) is 1.27. The Morgan fingerprint density at radius 3 is 2.33 bits per heavy atom. The minimum absolute atomic E-state index is 0.0279. The quantitative estimate of drug-likeness (QED) is 0.432. The number of fused-ring (bicyclic) bond motifs is 1. The second-order valence-electron chi connectivity index (χ2n) is 11.2. The summed E-state index contributed by atoms with van der Waals surface area (Å²) in [6.45, 7) is 5.80. The number of likely N-dealkylation sites (tertiary alicyclic amines) is 1. The summed E-state index contributed by atoms with van der Waals surface area (Å²) in [6, 6.07) is 15.0. The van der Waals surface area contributed by atoms with Gasteiger partial charge in [0.1, 0.15) is 11.8 Å². The smallest absolute Gasteiger partial charge is 0.248 e. The van der Waals surface area contributed by atoms with E-state index in [1.165, 1.54) is 0 Å². The molecule has 5 rings (SSSR count). The van der Waals surface area contributed by atoms with Crippen LogP contribution in [0.3, 0.4) is 0 Å². The molecule has 7 atom stereocenters. The first-order chi connectivity index (χ1) is 18.7. The van der Waals surface area contributed by atoms with E-state index in [0.29, 0.717) is 23.5 Å². The van der Waals surface area contributed by atoms with Gasteiger partial charge in [0.25, 0.3) is 0 Å². The van der Waals surface area contributed by atoms with Gasteiger partial charge in [-0.15, -0.1) is 11.8 Å². The van der Waals surface area contributed by atoms with Gasteiger partial charge in [0.2, 0.25) is 17.7 Å². The Kier molecular flexibility index (Phi) is 7.41. The van der Waals surface area contributed by atoms with Gasteiger partial charge in [0, 0.05) is 16.1 Å². The third-order valence-corrected chi connectivity index (χ3v) is 11.0. The highest BCUT2D eigenvalue weighted by Gasteiger charge is 2.77. The van der Waals surface area contributed by atoms with E-state index in [1.807, 2.05) is 51.1 Å². The summed E-state index contributed by atoms with van der Waals surface area (Å²) in [5, 5.41) is 16.5. The van der Waals surface area contributed by atoms with E-state index in [1.54, 1.807) is 48.0 Å². The van der Waals surface area contributed by atoms with E-state index < -0.39 is 33.4 Å². The molecule has 3 amide bonds. The van der Waals surface area contributed by atoms with Crippen molar-refractivity contribution in [3.8, 4) is 5.75 Å². The molecule has 3 aliphatic rings. The molecule has 2 aromatic rings. The molecular weight excluding hydrogens is 514 g/mol.